The van der Waals surface area contributed by atoms with Gasteiger partial charge in [0.2, 0.25) is 0 Å². The number of hydrogen-bond donors (Lipinski definition) is 1. The highest BCUT2D eigenvalue weighted by Crippen LogP contribution is 2.19. The highest BCUT2D eigenvalue weighted by Gasteiger charge is 2.19. The van der Waals surface area contributed by atoms with Gasteiger partial charge in [-0.05, 0) is 37.3 Å². The molecule has 0 bridgehead atoms. The molecular weight excluding hydrogens is 311 g/mol. The molecule has 0 spiro atoms. The first kappa shape index (κ1) is 15.9. The Morgan fingerprint density at radius 1 is 1.27 bits per heavy atom. The molecule has 0 aliphatic heterocycles. The van der Waals surface area contributed by atoms with E-state index in [0.29, 0.717) is 11.3 Å². The van der Waals surface area contributed by atoms with Crippen molar-refractivity contribution >= 4 is 29.2 Å². The lowest BCUT2D eigenvalue weighted by molar-refractivity contribution is -0.123. The van der Waals surface area contributed by atoms with Crippen LogP contribution in [0.15, 0.2) is 42.7 Å². The van der Waals surface area contributed by atoms with Crippen molar-refractivity contribution in [1.29, 1.82) is 0 Å². The maximum absolute atomic E-state index is 13.0. The SMILES string of the molecule is CC(OC(=O)c1ccncc1)C(=O)Nc1ccc(F)c(Cl)c1. The van der Waals surface area contributed by atoms with Crippen LogP contribution in [0.2, 0.25) is 5.02 Å². The number of esters is 1. The fraction of sp³-hybridized carbons (Fsp3) is 0.133. The molecule has 2 rings (SSSR count). The minimum atomic E-state index is -1.02. The number of anilines is 1. The highest BCUT2D eigenvalue weighted by molar-refractivity contribution is 6.31. The van der Waals surface area contributed by atoms with E-state index in [1.807, 2.05) is 0 Å². The molecule has 1 amide bonds. The number of nitrogens with one attached hydrogen (secondary N) is 1. The second-order valence-electron chi connectivity index (χ2n) is 4.40. The highest BCUT2D eigenvalue weighted by atomic mass is 35.5. The molecule has 1 unspecified atom stereocenters. The smallest absolute Gasteiger partial charge is 0.339 e. The van der Waals surface area contributed by atoms with E-state index in [4.69, 9.17) is 16.3 Å². The zero-order valence-corrected chi connectivity index (χ0v) is 12.3. The van der Waals surface area contributed by atoms with Crippen molar-refractivity contribution in [3.8, 4) is 0 Å². The van der Waals surface area contributed by atoms with E-state index in [2.05, 4.69) is 10.3 Å². The summed E-state index contributed by atoms with van der Waals surface area (Å²) in [6.45, 7) is 1.43. The average Bonchev–Trinajstić information content (AvgIpc) is 2.51. The molecule has 0 saturated carbocycles. The maximum atomic E-state index is 13.0. The Hall–Kier alpha value is -2.47. The number of amides is 1. The number of carbonyl (C=O) groups excluding carboxylic acids is 2. The summed E-state index contributed by atoms with van der Waals surface area (Å²) >= 11 is 5.62. The van der Waals surface area contributed by atoms with E-state index < -0.39 is 23.8 Å². The van der Waals surface area contributed by atoms with Gasteiger partial charge in [-0.2, -0.15) is 0 Å². The number of pyridine rings is 1. The van der Waals surface area contributed by atoms with Crippen molar-refractivity contribution in [1.82, 2.24) is 4.98 Å². The summed E-state index contributed by atoms with van der Waals surface area (Å²) in [5.74, 6) is -1.77. The first-order valence-corrected chi connectivity index (χ1v) is 6.72. The Morgan fingerprint density at radius 2 is 1.95 bits per heavy atom. The van der Waals surface area contributed by atoms with E-state index >= 15 is 0 Å². The van der Waals surface area contributed by atoms with Crippen molar-refractivity contribution in [2.24, 2.45) is 0 Å². The van der Waals surface area contributed by atoms with E-state index in [1.165, 1.54) is 43.6 Å². The first-order valence-electron chi connectivity index (χ1n) is 6.34. The monoisotopic (exact) mass is 322 g/mol. The van der Waals surface area contributed by atoms with Gasteiger partial charge in [0, 0.05) is 18.1 Å². The fourth-order valence-electron chi connectivity index (χ4n) is 1.59. The van der Waals surface area contributed by atoms with Gasteiger partial charge < -0.3 is 10.1 Å². The van der Waals surface area contributed by atoms with Crippen LogP contribution in [-0.4, -0.2) is 23.0 Å². The summed E-state index contributed by atoms with van der Waals surface area (Å²) in [6.07, 6.45) is 1.87. The Balaban J connectivity index is 1.97. The molecule has 1 N–H and O–H groups in total. The maximum Gasteiger partial charge on any atom is 0.339 e. The zero-order valence-electron chi connectivity index (χ0n) is 11.5. The van der Waals surface area contributed by atoms with Crippen molar-refractivity contribution in [3.63, 3.8) is 0 Å². The van der Waals surface area contributed by atoms with Gasteiger partial charge in [0.05, 0.1) is 10.6 Å². The van der Waals surface area contributed by atoms with Crippen LogP contribution < -0.4 is 5.32 Å². The molecular formula is C15H12ClFN2O3. The van der Waals surface area contributed by atoms with Crippen molar-refractivity contribution in [3.05, 3.63) is 59.1 Å². The summed E-state index contributed by atoms with van der Waals surface area (Å²) in [5, 5.41) is 2.38. The molecule has 1 atom stereocenters. The zero-order chi connectivity index (χ0) is 16.1. The summed E-state index contributed by atoms with van der Waals surface area (Å²) in [4.78, 5) is 27.5. The number of benzene rings is 1. The third-order valence-electron chi connectivity index (χ3n) is 2.76. The van der Waals surface area contributed by atoms with Gasteiger partial charge in [-0.1, -0.05) is 11.6 Å². The topological polar surface area (TPSA) is 68.3 Å². The van der Waals surface area contributed by atoms with Crippen molar-refractivity contribution in [2.45, 2.75) is 13.0 Å². The lowest BCUT2D eigenvalue weighted by Gasteiger charge is -2.13. The molecule has 0 fully saturated rings. The molecule has 5 nitrogen and oxygen atoms in total. The van der Waals surface area contributed by atoms with Gasteiger partial charge in [-0.15, -0.1) is 0 Å². The van der Waals surface area contributed by atoms with Gasteiger partial charge >= 0.3 is 5.97 Å². The third-order valence-corrected chi connectivity index (χ3v) is 3.05. The number of ether oxygens (including phenoxy) is 1. The van der Waals surface area contributed by atoms with Gasteiger partial charge in [0.15, 0.2) is 6.10 Å². The lowest BCUT2D eigenvalue weighted by atomic mass is 10.2. The Kier molecular flexibility index (Phi) is 5.06. The molecule has 0 aliphatic carbocycles. The minimum absolute atomic E-state index is 0.112. The predicted molar refractivity (Wildman–Crippen MR) is 79.2 cm³/mol. The second kappa shape index (κ2) is 7.00. The minimum Gasteiger partial charge on any atom is -0.449 e. The van der Waals surface area contributed by atoms with Gasteiger partial charge in [0.1, 0.15) is 5.82 Å². The number of carbonyl (C=O) groups is 2. The number of halogens is 2. The number of nitrogens with zero attached hydrogens (tertiary/aromatic N) is 1. The van der Waals surface area contributed by atoms with Crippen molar-refractivity contribution < 1.29 is 18.7 Å². The molecule has 1 heterocycles. The van der Waals surface area contributed by atoms with Crippen LogP contribution in [0.4, 0.5) is 10.1 Å². The molecule has 0 aliphatic rings. The fourth-order valence-corrected chi connectivity index (χ4v) is 1.77. The summed E-state index contributed by atoms with van der Waals surface area (Å²) < 4.78 is 18.1. The summed E-state index contributed by atoms with van der Waals surface area (Å²) in [5.41, 5.74) is 0.600. The molecule has 2 aromatic rings. The molecule has 0 radical (unpaired) electrons. The number of rotatable bonds is 4. The van der Waals surface area contributed by atoms with E-state index in [-0.39, 0.29) is 5.02 Å². The second-order valence-corrected chi connectivity index (χ2v) is 4.81. The normalized spacial score (nSPS) is 11.6. The molecule has 0 saturated heterocycles. The Morgan fingerprint density at radius 3 is 2.59 bits per heavy atom. The predicted octanol–water partition coefficient (Wildman–Crippen LogP) is 3.06. The van der Waals surface area contributed by atoms with E-state index in [9.17, 15) is 14.0 Å². The Bertz CT molecular complexity index is 694. The van der Waals surface area contributed by atoms with Gasteiger partial charge in [0.25, 0.3) is 5.91 Å². The van der Waals surface area contributed by atoms with Crippen LogP contribution in [0.1, 0.15) is 17.3 Å². The van der Waals surface area contributed by atoms with Crippen LogP contribution in [-0.2, 0) is 9.53 Å². The van der Waals surface area contributed by atoms with Crippen LogP contribution >= 0.6 is 11.6 Å². The van der Waals surface area contributed by atoms with Gasteiger partial charge in [-0.3, -0.25) is 9.78 Å². The van der Waals surface area contributed by atoms with E-state index in [0.717, 1.165) is 6.07 Å². The Labute approximate surface area is 131 Å². The van der Waals surface area contributed by atoms with Crippen LogP contribution in [0.5, 0.6) is 0 Å². The van der Waals surface area contributed by atoms with Crippen LogP contribution in [0.25, 0.3) is 0 Å². The molecule has 1 aromatic carbocycles. The summed E-state index contributed by atoms with van der Waals surface area (Å²) in [7, 11) is 0. The first-order chi connectivity index (χ1) is 10.5. The number of hydrogen-bond acceptors (Lipinski definition) is 4. The molecule has 1 aromatic heterocycles. The molecule has 7 heteroatoms. The molecule has 114 valence electrons. The average molecular weight is 323 g/mol. The van der Waals surface area contributed by atoms with Gasteiger partial charge in [-0.25, -0.2) is 9.18 Å². The van der Waals surface area contributed by atoms with E-state index in [1.54, 1.807) is 0 Å². The standard InChI is InChI=1S/C15H12ClFN2O3/c1-9(22-15(21)10-4-6-18-7-5-10)14(20)19-11-2-3-13(17)12(16)8-11/h2-9H,1H3,(H,19,20). The van der Waals surface area contributed by atoms with Crippen LogP contribution in [0, 0.1) is 5.82 Å². The van der Waals surface area contributed by atoms with Crippen LogP contribution in [0.3, 0.4) is 0 Å². The van der Waals surface area contributed by atoms with Crippen molar-refractivity contribution in [2.75, 3.05) is 5.32 Å². The largest absolute Gasteiger partial charge is 0.449 e. The quantitative estimate of drug-likeness (QED) is 0.878. The molecule has 22 heavy (non-hydrogen) atoms. The summed E-state index contributed by atoms with van der Waals surface area (Å²) in [6, 6.07) is 6.72. The third kappa shape index (κ3) is 4.02. The lowest BCUT2D eigenvalue weighted by Crippen LogP contribution is -2.30. The number of aromatic nitrogens is 1.